The van der Waals surface area contributed by atoms with Gasteiger partial charge < -0.3 is 15.5 Å². The molecular formula is C9H12F3N3O2. The quantitative estimate of drug-likeness (QED) is 0.846. The van der Waals surface area contributed by atoms with Crippen LogP contribution in [-0.2, 0) is 0 Å². The summed E-state index contributed by atoms with van der Waals surface area (Å²) >= 11 is 0. The van der Waals surface area contributed by atoms with Gasteiger partial charge in [-0.3, -0.25) is 4.79 Å². The van der Waals surface area contributed by atoms with Gasteiger partial charge in [0.25, 0.3) is 5.91 Å². The first-order valence-corrected chi connectivity index (χ1v) is 4.89. The molecule has 1 amide bonds. The smallest absolute Gasteiger partial charge is 0.405 e. The summed E-state index contributed by atoms with van der Waals surface area (Å²) in [6.45, 7) is 0.381. The number of carbonyl (C=O) groups is 1. The topological polar surface area (TPSA) is 81.1 Å². The molecule has 5 nitrogen and oxygen atoms in total. The molecule has 1 rings (SSSR count). The number of carbonyl (C=O) groups excluding carboxylic acids is 1. The van der Waals surface area contributed by atoms with Gasteiger partial charge in [-0.1, -0.05) is 6.92 Å². The second-order valence-corrected chi connectivity index (χ2v) is 3.38. The van der Waals surface area contributed by atoms with E-state index in [1.165, 1.54) is 0 Å². The summed E-state index contributed by atoms with van der Waals surface area (Å²) in [7, 11) is 0. The molecular weight excluding hydrogens is 239 g/mol. The molecule has 0 saturated heterocycles. The number of oxazole rings is 1. The van der Waals surface area contributed by atoms with E-state index in [0.717, 1.165) is 6.26 Å². The van der Waals surface area contributed by atoms with Gasteiger partial charge in [0.15, 0.2) is 5.69 Å². The molecule has 96 valence electrons. The molecule has 3 N–H and O–H groups in total. The van der Waals surface area contributed by atoms with E-state index in [9.17, 15) is 18.0 Å². The van der Waals surface area contributed by atoms with Crippen molar-refractivity contribution in [1.29, 1.82) is 0 Å². The van der Waals surface area contributed by atoms with Crippen molar-refractivity contribution in [1.82, 2.24) is 10.3 Å². The van der Waals surface area contributed by atoms with Crippen molar-refractivity contribution in [2.75, 3.05) is 6.54 Å². The number of rotatable bonds is 4. The maximum absolute atomic E-state index is 11.8. The second-order valence-electron chi connectivity index (χ2n) is 3.38. The van der Waals surface area contributed by atoms with Crippen LogP contribution in [0.3, 0.4) is 0 Å². The molecule has 0 aliphatic rings. The van der Waals surface area contributed by atoms with Gasteiger partial charge in [-0.05, 0) is 6.42 Å². The van der Waals surface area contributed by atoms with Crippen molar-refractivity contribution in [3.05, 3.63) is 17.8 Å². The van der Waals surface area contributed by atoms with Crippen molar-refractivity contribution in [3.8, 4) is 0 Å². The Hall–Kier alpha value is -1.57. The largest absolute Gasteiger partial charge is 0.446 e. The molecule has 0 fully saturated rings. The summed E-state index contributed by atoms with van der Waals surface area (Å²) < 4.78 is 40.4. The first-order valence-electron chi connectivity index (χ1n) is 4.89. The highest BCUT2D eigenvalue weighted by atomic mass is 19.4. The van der Waals surface area contributed by atoms with Gasteiger partial charge in [0, 0.05) is 0 Å². The fourth-order valence-corrected chi connectivity index (χ4v) is 1.01. The molecule has 0 aromatic carbocycles. The van der Waals surface area contributed by atoms with Crippen molar-refractivity contribution >= 4 is 5.91 Å². The Labute approximate surface area is 95.2 Å². The molecule has 1 aromatic rings. The van der Waals surface area contributed by atoms with Crippen LogP contribution in [0.25, 0.3) is 0 Å². The van der Waals surface area contributed by atoms with Crippen LogP contribution in [0, 0.1) is 0 Å². The van der Waals surface area contributed by atoms with E-state index >= 15 is 0 Å². The standard InChI is InChI=1S/C9H12F3N3O2/c1-2-5(13)8-15-6(3-17-8)7(16)14-4-9(10,11)12/h3,5H,2,4,13H2,1H3,(H,14,16). The van der Waals surface area contributed by atoms with Gasteiger partial charge in [-0.15, -0.1) is 0 Å². The minimum absolute atomic E-state index is 0.129. The van der Waals surface area contributed by atoms with Gasteiger partial charge >= 0.3 is 6.18 Å². The summed E-state index contributed by atoms with van der Waals surface area (Å²) in [6, 6.07) is -0.473. The lowest BCUT2D eigenvalue weighted by molar-refractivity contribution is -0.123. The minimum atomic E-state index is -4.46. The van der Waals surface area contributed by atoms with Crippen LogP contribution >= 0.6 is 0 Å². The molecule has 1 atom stereocenters. The highest BCUT2D eigenvalue weighted by molar-refractivity contribution is 5.91. The van der Waals surface area contributed by atoms with Crippen molar-refractivity contribution < 1.29 is 22.4 Å². The lowest BCUT2D eigenvalue weighted by atomic mass is 10.2. The summed E-state index contributed by atoms with van der Waals surface area (Å²) in [4.78, 5) is 15.0. The fraction of sp³-hybridized carbons (Fsp3) is 0.556. The van der Waals surface area contributed by atoms with Gasteiger partial charge in [0.2, 0.25) is 5.89 Å². The molecule has 0 radical (unpaired) electrons. The minimum Gasteiger partial charge on any atom is -0.446 e. The molecule has 0 spiro atoms. The average Bonchev–Trinajstić information content (AvgIpc) is 2.73. The molecule has 0 aliphatic carbocycles. The molecule has 0 aliphatic heterocycles. The number of aromatic nitrogens is 1. The number of halogens is 3. The Kier molecular flexibility index (Phi) is 4.11. The maximum Gasteiger partial charge on any atom is 0.405 e. The van der Waals surface area contributed by atoms with Crippen molar-refractivity contribution in [2.45, 2.75) is 25.6 Å². The van der Waals surface area contributed by atoms with Gasteiger partial charge in [0.05, 0.1) is 6.04 Å². The van der Waals surface area contributed by atoms with Gasteiger partial charge in [-0.25, -0.2) is 4.98 Å². The number of alkyl halides is 3. The molecule has 1 heterocycles. The van der Waals surface area contributed by atoms with E-state index in [4.69, 9.17) is 10.2 Å². The molecule has 17 heavy (non-hydrogen) atoms. The summed E-state index contributed by atoms with van der Waals surface area (Å²) in [5.74, 6) is -0.815. The zero-order chi connectivity index (χ0) is 13.1. The number of nitrogens with two attached hydrogens (primary N) is 1. The first kappa shape index (κ1) is 13.5. The van der Waals surface area contributed by atoms with Gasteiger partial charge in [-0.2, -0.15) is 13.2 Å². The predicted octanol–water partition coefficient (Wildman–Crippen LogP) is 1.38. The van der Waals surface area contributed by atoms with Crippen LogP contribution in [0.4, 0.5) is 13.2 Å². The normalized spacial score (nSPS) is 13.5. The number of nitrogens with one attached hydrogen (secondary N) is 1. The van der Waals surface area contributed by atoms with Crippen LogP contribution in [0.2, 0.25) is 0 Å². The molecule has 0 bridgehead atoms. The van der Waals surface area contributed by atoms with Gasteiger partial charge in [0.1, 0.15) is 12.8 Å². The van der Waals surface area contributed by atoms with Crippen LogP contribution in [0.15, 0.2) is 10.7 Å². The summed E-state index contributed by atoms with van der Waals surface area (Å²) in [5, 5.41) is 1.68. The zero-order valence-corrected chi connectivity index (χ0v) is 9.04. The predicted molar refractivity (Wildman–Crippen MR) is 52.1 cm³/mol. The summed E-state index contributed by atoms with van der Waals surface area (Å²) in [6.07, 6.45) is -2.93. The first-order chi connectivity index (χ1) is 7.83. The van der Waals surface area contributed by atoms with E-state index < -0.39 is 24.7 Å². The van der Waals surface area contributed by atoms with E-state index in [0.29, 0.717) is 6.42 Å². The Bertz CT molecular complexity index is 389. The van der Waals surface area contributed by atoms with Crippen LogP contribution in [-0.4, -0.2) is 23.6 Å². The number of amides is 1. The number of nitrogens with zero attached hydrogens (tertiary/aromatic N) is 1. The Morgan fingerprint density at radius 3 is 2.82 bits per heavy atom. The number of hydrogen-bond acceptors (Lipinski definition) is 4. The van der Waals surface area contributed by atoms with E-state index in [1.54, 1.807) is 12.2 Å². The third kappa shape index (κ3) is 4.06. The van der Waals surface area contributed by atoms with E-state index in [2.05, 4.69) is 4.98 Å². The third-order valence-electron chi connectivity index (χ3n) is 1.96. The second kappa shape index (κ2) is 5.17. The van der Waals surface area contributed by atoms with Crippen LogP contribution < -0.4 is 11.1 Å². The maximum atomic E-state index is 11.8. The highest BCUT2D eigenvalue weighted by Crippen LogP contribution is 2.14. The van der Waals surface area contributed by atoms with Crippen molar-refractivity contribution in [3.63, 3.8) is 0 Å². The van der Waals surface area contributed by atoms with E-state index in [1.807, 2.05) is 0 Å². The fourth-order valence-electron chi connectivity index (χ4n) is 1.01. The Morgan fingerprint density at radius 1 is 1.65 bits per heavy atom. The lowest BCUT2D eigenvalue weighted by Gasteiger charge is -2.06. The molecule has 8 heteroatoms. The lowest BCUT2D eigenvalue weighted by Crippen LogP contribution is -2.33. The van der Waals surface area contributed by atoms with Crippen LogP contribution in [0.5, 0.6) is 0 Å². The Morgan fingerprint density at radius 2 is 2.29 bits per heavy atom. The van der Waals surface area contributed by atoms with Crippen LogP contribution in [0.1, 0.15) is 35.8 Å². The molecule has 1 unspecified atom stereocenters. The summed E-state index contributed by atoms with van der Waals surface area (Å²) in [5.41, 5.74) is 5.37. The third-order valence-corrected chi connectivity index (χ3v) is 1.96. The average molecular weight is 251 g/mol. The molecule has 1 aromatic heterocycles. The van der Waals surface area contributed by atoms with Crippen molar-refractivity contribution in [2.24, 2.45) is 5.73 Å². The molecule has 0 saturated carbocycles. The zero-order valence-electron chi connectivity index (χ0n) is 9.04. The highest BCUT2D eigenvalue weighted by Gasteiger charge is 2.28. The monoisotopic (exact) mass is 251 g/mol. The number of hydrogen-bond donors (Lipinski definition) is 2. The van der Waals surface area contributed by atoms with E-state index in [-0.39, 0.29) is 11.6 Å². The SMILES string of the molecule is CCC(N)c1nc(C(=O)NCC(F)(F)F)co1. The Balaban J connectivity index is 2.61.